The summed E-state index contributed by atoms with van der Waals surface area (Å²) in [6.45, 7) is 2.67. The third-order valence-electron chi connectivity index (χ3n) is 4.52. The second kappa shape index (κ2) is 7.25. The molecule has 4 nitrogen and oxygen atoms in total. The Morgan fingerprint density at radius 3 is 2.53 bits per heavy atom. The number of carbonyl (C=O) groups excluding carboxylic acids is 1. The van der Waals surface area contributed by atoms with Gasteiger partial charge in [-0.1, -0.05) is 25.7 Å². The van der Waals surface area contributed by atoms with Gasteiger partial charge < -0.3 is 15.8 Å². The molecule has 2 saturated carbocycles. The Labute approximate surface area is 116 Å². The average molecular weight is 268 g/mol. The predicted octanol–water partition coefficient (Wildman–Crippen LogP) is 1.97. The molecule has 0 spiro atoms. The molecule has 110 valence electrons. The van der Waals surface area contributed by atoms with Gasteiger partial charge in [0, 0.05) is 19.1 Å². The van der Waals surface area contributed by atoms with Crippen LogP contribution in [-0.4, -0.2) is 30.7 Å². The zero-order valence-electron chi connectivity index (χ0n) is 12.1. The van der Waals surface area contributed by atoms with E-state index in [2.05, 4.69) is 5.32 Å². The van der Waals surface area contributed by atoms with Gasteiger partial charge in [-0.15, -0.1) is 0 Å². The quantitative estimate of drug-likeness (QED) is 0.749. The van der Waals surface area contributed by atoms with Crippen LogP contribution < -0.4 is 11.1 Å². The van der Waals surface area contributed by atoms with Gasteiger partial charge in [0.1, 0.15) is 0 Å². The number of nitrogens with one attached hydrogen (secondary N) is 1. The van der Waals surface area contributed by atoms with Gasteiger partial charge in [0.05, 0.1) is 12.1 Å². The minimum absolute atomic E-state index is 0.0261. The van der Waals surface area contributed by atoms with E-state index >= 15 is 0 Å². The molecule has 2 aliphatic carbocycles. The first-order valence-electron chi connectivity index (χ1n) is 7.87. The molecular weight excluding hydrogens is 240 g/mol. The Bertz CT molecular complexity index is 286. The van der Waals surface area contributed by atoms with Crippen molar-refractivity contribution < 1.29 is 9.53 Å². The molecule has 3 N–H and O–H groups in total. The Kier molecular flexibility index (Phi) is 5.64. The average Bonchev–Trinajstić information content (AvgIpc) is 2.64. The number of amides is 1. The molecule has 0 aromatic heterocycles. The largest absolute Gasteiger partial charge is 0.376 e. The fraction of sp³-hybridized carbons (Fsp3) is 0.933. The number of rotatable bonds is 5. The monoisotopic (exact) mass is 268 g/mol. The second-order valence-corrected chi connectivity index (χ2v) is 6.05. The van der Waals surface area contributed by atoms with Crippen LogP contribution in [0.5, 0.6) is 0 Å². The predicted molar refractivity (Wildman–Crippen MR) is 75.7 cm³/mol. The van der Waals surface area contributed by atoms with Crippen LogP contribution >= 0.6 is 0 Å². The molecule has 2 aliphatic rings. The Morgan fingerprint density at radius 1 is 1.26 bits per heavy atom. The third kappa shape index (κ3) is 4.18. The van der Waals surface area contributed by atoms with Crippen LogP contribution in [0.3, 0.4) is 0 Å². The molecule has 0 aromatic rings. The van der Waals surface area contributed by atoms with E-state index in [1.165, 1.54) is 38.5 Å². The maximum absolute atomic E-state index is 12.1. The Morgan fingerprint density at radius 2 is 1.95 bits per heavy atom. The molecule has 19 heavy (non-hydrogen) atoms. The highest BCUT2D eigenvalue weighted by Gasteiger charge is 2.40. The smallest absolute Gasteiger partial charge is 0.220 e. The van der Waals surface area contributed by atoms with Gasteiger partial charge in [-0.25, -0.2) is 0 Å². The summed E-state index contributed by atoms with van der Waals surface area (Å²) in [6, 6.07) is 0.0906. The van der Waals surface area contributed by atoms with E-state index in [0.717, 1.165) is 6.42 Å². The van der Waals surface area contributed by atoms with Gasteiger partial charge in [0.25, 0.3) is 0 Å². The summed E-state index contributed by atoms with van der Waals surface area (Å²) in [5.74, 6) is 0.737. The fourth-order valence-electron chi connectivity index (χ4n) is 3.30. The van der Waals surface area contributed by atoms with E-state index in [1.54, 1.807) is 0 Å². The molecular formula is C15H28N2O2. The van der Waals surface area contributed by atoms with Gasteiger partial charge in [-0.05, 0) is 32.1 Å². The summed E-state index contributed by atoms with van der Waals surface area (Å²) in [5.41, 5.74) is 5.96. The van der Waals surface area contributed by atoms with Crippen molar-refractivity contribution in [3.05, 3.63) is 0 Å². The van der Waals surface area contributed by atoms with Crippen LogP contribution in [0.15, 0.2) is 0 Å². The molecule has 1 amide bonds. The van der Waals surface area contributed by atoms with Crippen molar-refractivity contribution in [3.63, 3.8) is 0 Å². The van der Waals surface area contributed by atoms with E-state index in [0.29, 0.717) is 18.9 Å². The molecule has 3 atom stereocenters. The summed E-state index contributed by atoms with van der Waals surface area (Å²) in [4.78, 5) is 12.1. The van der Waals surface area contributed by atoms with Crippen molar-refractivity contribution in [3.8, 4) is 0 Å². The van der Waals surface area contributed by atoms with Crippen LogP contribution in [0, 0.1) is 5.92 Å². The SMILES string of the molecule is CCOC1CC(N)C1NC(=O)CC1CCCCCC1. The van der Waals surface area contributed by atoms with Gasteiger partial charge in [-0.2, -0.15) is 0 Å². The molecule has 0 aromatic carbocycles. The van der Waals surface area contributed by atoms with E-state index in [-0.39, 0.29) is 24.1 Å². The summed E-state index contributed by atoms with van der Waals surface area (Å²) in [5, 5.41) is 3.08. The summed E-state index contributed by atoms with van der Waals surface area (Å²) in [6.07, 6.45) is 9.29. The van der Waals surface area contributed by atoms with Crippen molar-refractivity contribution in [2.45, 2.75) is 76.5 Å². The Hall–Kier alpha value is -0.610. The van der Waals surface area contributed by atoms with Crippen LogP contribution in [0.4, 0.5) is 0 Å². The van der Waals surface area contributed by atoms with E-state index in [4.69, 9.17) is 10.5 Å². The zero-order valence-corrected chi connectivity index (χ0v) is 12.1. The molecule has 0 aliphatic heterocycles. The van der Waals surface area contributed by atoms with Gasteiger partial charge in [0.15, 0.2) is 0 Å². The maximum Gasteiger partial charge on any atom is 0.220 e. The highest BCUT2D eigenvalue weighted by Crippen LogP contribution is 2.26. The molecule has 0 bridgehead atoms. The topological polar surface area (TPSA) is 64.3 Å². The summed E-state index contributed by atoms with van der Waals surface area (Å²) < 4.78 is 5.58. The number of ether oxygens (including phenoxy) is 1. The van der Waals surface area contributed by atoms with Crippen molar-refractivity contribution >= 4 is 5.91 Å². The molecule has 0 radical (unpaired) electrons. The summed E-state index contributed by atoms with van der Waals surface area (Å²) in [7, 11) is 0. The molecule has 3 unspecified atom stereocenters. The summed E-state index contributed by atoms with van der Waals surface area (Å²) >= 11 is 0. The zero-order chi connectivity index (χ0) is 13.7. The van der Waals surface area contributed by atoms with Crippen LogP contribution in [0.25, 0.3) is 0 Å². The standard InChI is InChI=1S/C15H28N2O2/c1-2-19-13-10-12(16)15(13)17-14(18)9-11-7-5-3-4-6-8-11/h11-13,15H,2-10,16H2,1H3,(H,17,18). The van der Waals surface area contributed by atoms with Crippen molar-refractivity contribution in [1.29, 1.82) is 0 Å². The molecule has 2 rings (SSSR count). The number of hydrogen-bond donors (Lipinski definition) is 2. The van der Waals surface area contributed by atoms with Gasteiger partial charge in [-0.3, -0.25) is 4.79 Å². The minimum Gasteiger partial charge on any atom is -0.376 e. The van der Waals surface area contributed by atoms with Crippen LogP contribution in [0.2, 0.25) is 0 Å². The number of carbonyl (C=O) groups is 1. The number of nitrogens with two attached hydrogens (primary N) is 1. The minimum atomic E-state index is 0.0261. The molecule has 0 heterocycles. The highest BCUT2D eigenvalue weighted by molar-refractivity contribution is 5.76. The van der Waals surface area contributed by atoms with Crippen molar-refractivity contribution in [1.82, 2.24) is 5.32 Å². The first-order chi connectivity index (χ1) is 9.20. The lowest BCUT2D eigenvalue weighted by molar-refractivity contribution is -0.126. The lowest BCUT2D eigenvalue weighted by atomic mass is 9.83. The first kappa shape index (κ1) is 14.8. The van der Waals surface area contributed by atoms with E-state index < -0.39 is 0 Å². The molecule has 4 heteroatoms. The fourth-order valence-corrected chi connectivity index (χ4v) is 3.30. The van der Waals surface area contributed by atoms with Crippen molar-refractivity contribution in [2.75, 3.05) is 6.61 Å². The Balaban J connectivity index is 1.73. The van der Waals surface area contributed by atoms with Crippen molar-refractivity contribution in [2.24, 2.45) is 11.7 Å². The third-order valence-corrected chi connectivity index (χ3v) is 4.52. The lowest BCUT2D eigenvalue weighted by Gasteiger charge is -2.42. The molecule has 0 saturated heterocycles. The van der Waals surface area contributed by atoms with Gasteiger partial charge in [0.2, 0.25) is 5.91 Å². The van der Waals surface area contributed by atoms with E-state index in [9.17, 15) is 4.79 Å². The molecule has 2 fully saturated rings. The van der Waals surface area contributed by atoms with E-state index in [1.807, 2.05) is 6.92 Å². The van der Waals surface area contributed by atoms with Crippen LogP contribution in [-0.2, 0) is 9.53 Å². The maximum atomic E-state index is 12.1. The van der Waals surface area contributed by atoms with Crippen LogP contribution in [0.1, 0.15) is 58.3 Å². The lowest BCUT2D eigenvalue weighted by Crippen LogP contribution is -2.64. The highest BCUT2D eigenvalue weighted by atomic mass is 16.5. The second-order valence-electron chi connectivity index (χ2n) is 6.05. The first-order valence-corrected chi connectivity index (χ1v) is 7.87. The normalized spacial score (nSPS) is 32.4. The van der Waals surface area contributed by atoms with Gasteiger partial charge >= 0.3 is 0 Å². The number of hydrogen-bond acceptors (Lipinski definition) is 3.